The van der Waals surface area contributed by atoms with Crippen molar-refractivity contribution in [2.45, 2.75) is 44.7 Å². The van der Waals surface area contributed by atoms with Crippen molar-refractivity contribution < 1.29 is 4.79 Å². The van der Waals surface area contributed by atoms with Crippen LogP contribution in [0.4, 0.5) is 0 Å². The molecule has 1 aromatic heterocycles. The van der Waals surface area contributed by atoms with E-state index in [-0.39, 0.29) is 5.91 Å². The van der Waals surface area contributed by atoms with E-state index in [0.717, 1.165) is 37.2 Å². The molecule has 2 aliphatic rings. The van der Waals surface area contributed by atoms with E-state index in [1.165, 1.54) is 12.8 Å². The van der Waals surface area contributed by atoms with E-state index in [9.17, 15) is 4.79 Å². The first-order chi connectivity index (χ1) is 9.15. The van der Waals surface area contributed by atoms with Gasteiger partial charge in [0.2, 0.25) is 0 Å². The van der Waals surface area contributed by atoms with E-state index < -0.39 is 0 Å². The van der Waals surface area contributed by atoms with Crippen molar-refractivity contribution >= 4 is 5.91 Å². The highest BCUT2D eigenvalue weighted by molar-refractivity contribution is 5.95. The summed E-state index contributed by atoms with van der Waals surface area (Å²) in [5, 5.41) is 7.76. The van der Waals surface area contributed by atoms with E-state index in [4.69, 9.17) is 0 Å². The zero-order valence-corrected chi connectivity index (χ0v) is 11.7. The van der Waals surface area contributed by atoms with Gasteiger partial charge in [0, 0.05) is 31.9 Å². The predicted octanol–water partition coefficient (Wildman–Crippen LogP) is 1.09. The van der Waals surface area contributed by atoms with Crippen molar-refractivity contribution in [2.24, 2.45) is 7.05 Å². The number of aromatic nitrogens is 2. The molecule has 19 heavy (non-hydrogen) atoms. The third kappa shape index (κ3) is 2.66. The molecular formula is C14H22N4O. The second kappa shape index (κ2) is 4.96. The van der Waals surface area contributed by atoms with Gasteiger partial charge in [-0.15, -0.1) is 0 Å². The molecule has 1 atom stereocenters. The number of carbonyl (C=O) groups excluding carboxylic acids is 1. The van der Waals surface area contributed by atoms with Crippen LogP contribution in [-0.4, -0.2) is 45.8 Å². The van der Waals surface area contributed by atoms with Crippen LogP contribution in [0.15, 0.2) is 6.20 Å². The van der Waals surface area contributed by atoms with E-state index in [1.54, 1.807) is 4.68 Å². The number of aryl methyl sites for hydroxylation is 2. The van der Waals surface area contributed by atoms with Crippen LogP contribution in [0.1, 0.15) is 41.7 Å². The molecule has 1 aromatic rings. The van der Waals surface area contributed by atoms with Crippen LogP contribution in [-0.2, 0) is 7.05 Å². The van der Waals surface area contributed by atoms with Gasteiger partial charge in [0.15, 0.2) is 0 Å². The van der Waals surface area contributed by atoms with Crippen molar-refractivity contribution in [1.29, 1.82) is 0 Å². The first-order valence-electron chi connectivity index (χ1n) is 7.20. The smallest absolute Gasteiger partial charge is 0.257 e. The van der Waals surface area contributed by atoms with Gasteiger partial charge in [-0.3, -0.25) is 9.48 Å². The zero-order chi connectivity index (χ0) is 13.4. The van der Waals surface area contributed by atoms with Gasteiger partial charge in [-0.05, 0) is 39.2 Å². The normalized spacial score (nSPS) is 22.7. The van der Waals surface area contributed by atoms with Crippen LogP contribution in [0, 0.1) is 6.92 Å². The Balaban J connectivity index is 1.75. The summed E-state index contributed by atoms with van der Waals surface area (Å²) >= 11 is 0. The lowest BCUT2D eigenvalue weighted by Gasteiger charge is -2.25. The Morgan fingerprint density at radius 1 is 1.53 bits per heavy atom. The van der Waals surface area contributed by atoms with Crippen molar-refractivity contribution in [3.63, 3.8) is 0 Å². The molecule has 104 valence electrons. The fourth-order valence-electron chi connectivity index (χ4n) is 2.90. The standard InChI is InChI=1S/C14H22N4O/c1-10-13(9-17(2)16-10)14(19)18(12-5-6-12)8-11-4-3-7-15-11/h9,11-12,15H,3-8H2,1-2H3. The first-order valence-corrected chi connectivity index (χ1v) is 7.20. The molecule has 1 N–H and O–H groups in total. The predicted molar refractivity (Wildman–Crippen MR) is 73.0 cm³/mol. The molecule has 0 aromatic carbocycles. The molecule has 0 radical (unpaired) electrons. The number of rotatable bonds is 4. The molecule has 1 aliphatic carbocycles. The maximum Gasteiger partial charge on any atom is 0.257 e. The third-order valence-electron chi connectivity index (χ3n) is 4.07. The quantitative estimate of drug-likeness (QED) is 0.883. The number of hydrogen-bond donors (Lipinski definition) is 1. The molecule has 1 aliphatic heterocycles. The van der Waals surface area contributed by atoms with Gasteiger partial charge < -0.3 is 10.2 Å². The van der Waals surface area contributed by atoms with Crippen LogP contribution < -0.4 is 5.32 Å². The fourth-order valence-corrected chi connectivity index (χ4v) is 2.90. The second-order valence-electron chi connectivity index (χ2n) is 5.78. The van der Waals surface area contributed by atoms with Crippen molar-refractivity contribution in [3.05, 3.63) is 17.5 Å². The minimum atomic E-state index is 0.154. The molecule has 2 heterocycles. The minimum absolute atomic E-state index is 0.154. The Morgan fingerprint density at radius 2 is 2.32 bits per heavy atom. The SMILES string of the molecule is Cc1nn(C)cc1C(=O)N(CC1CCCN1)C1CC1. The lowest BCUT2D eigenvalue weighted by atomic mass is 10.1. The van der Waals surface area contributed by atoms with E-state index in [0.29, 0.717) is 12.1 Å². The van der Waals surface area contributed by atoms with E-state index in [2.05, 4.69) is 15.3 Å². The monoisotopic (exact) mass is 262 g/mol. The highest BCUT2D eigenvalue weighted by atomic mass is 16.2. The summed E-state index contributed by atoms with van der Waals surface area (Å²) < 4.78 is 1.72. The van der Waals surface area contributed by atoms with Crippen LogP contribution in [0.25, 0.3) is 0 Å². The van der Waals surface area contributed by atoms with Crippen LogP contribution in [0.2, 0.25) is 0 Å². The van der Waals surface area contributed by atoms with Gasteiger partial charge >= 0.3 is 0 Å². The average molecular weight is 262 g/mol. The summed E-state index contributed by atoms with van der Waals surface area (Å²) in [6.45, 7) is 3.84. The Kier molecular flexibility index (Phi) is 3.31. The Hall–Kier alpha value is -1.36. The minimum Gasteiger partial charge on any atom is -0.334 e. The summed E-state index contributed by atoms with van der Waals surface area (Å²) in [6.07, 6.45) is 6.55. The number of nitrogens with one attached hydrogen (secondary N) is 1. The van der Waals surface area contributed by atoms with Crippen molar-refractivity contribution in [1.82, 2.24) is 20.0 Å². The van der Waals surface area contributed by atoms with Crippen molar-refractivity contribution in [2.75, 3.05) is 13.1 Å². The fraction of sp³-hybridized carbons (Fsp3) is 0.714. The topological polar surface area (TPSA) is 50.2 Å². The molecule has 0 bridgehead atoms. The second-order valence-corrected chi connectivity index (χ2v) is 5.78. The average Bonchev–Trinajstić information content (AvgIpc) is 2.97. The molecule has 5 heteroatoms. The van der Waals surface area contributed by atoms with Gasteiger partial charge in [-0.1, -0.05) is 0 Å². The Labute approximate surface area is 114 Å². The van der Waals surface area contributed by atoms with Gasteiger partial charge in [0.1, 0.15) is 0 Å². The van der Waals surface area contributed by atoms with Gasteiger partial charge in [0.25, 0.3) is 5.91 Å². The molecule has 0 spiro atoms. The number of amides is 1. The lowest BCUT2D eigenvalue weighted by molar-refractivity contribution is 0.0728. The summed E-state index contributed by atoms with van der Waals surface area (Å²) in [6, 6.07) is 0.927. The zero-order valence-electron chi connectivity index (χ0n) is 11.7. The molecule has 5 nitrogen and oxygen atoms in total. The Morgan fingerprint density at radius 3 is 2.84 bits per heavy atom. The summed E-state index contributed by atoms with van der Waals surface area (Å²) in [5.74, 6) is 0.154. The molecule has 2 fully saturated rings. The van der Waals surface area contributed by atoms with Crippen LogP contribution in [0.5, 0.6) is 0 Å². The molecule has 1 amide bonds. The van der Waals surface area contributed by atoms with Crippen LogP contribution in [0.3, 0.4) is 0 Å². The molecule has 3 rings (SSSR count). The van der Waals surface area contributed by atoms with E-state index >= 15 is 0 Å². The largest absolute Gasteiger partial charge is 0.334 e. The summed E-state index contributed by atoms with van der Waals surface area (Å²) in [5.41, 5.74) is 1.59. The first kappa shape index (κ1) is 12.7. The third-order valence-corrected chi connectivity index (χ3v) is 4.07. The molecular weight excluding hydrogens is 240 g/mol. The summed E-state index contributed by atoms with van der Waals surface area (Å²) in [4.78, 5) is 14.8. The van der Waals surface area contributed by atoms with Gasteiger partial charge in [-0.25, -0.2) is 0 Å². The molecule has 1 unspecified atom stereocenters. The van der Waals surface area contributed by atoms with Gasteiger partial charge in [-0.2, -0.15) is 5.10 Å². The number of carbonyl (C=O) groups is 1. The summed E-state index contributed by atoms with van der Waals surface area (Å²) in [7, 11) is 1.86. The van der Waals surface area contributed by atoms with Gasteiger partial charge in [0.05, 0.1) is 11.3 Å². The maximum atomic E-state index is 12.7. The molecule has 1 saturated heterocycles. The number of hydrogen-bond acceptors (Lipinski definition) is 3. The Bertz CT molecular complexity index is 472. The molecule has 1 saturated carbocycles. The maximum absolute atomic E-state index is 12.7. The lowest BCUT2D eigenvalue weighted by Crippen LogP contribution is -2.42. The van der Waals surface area contributed by atoms with E-state index in [1.807, 2.05) is 20.2 Å². The highest BCUT2D eigenvalue weighted by Crippen LogP contribution is 2.29. The van der Waals surface area contributed by atoms with Crippen molar-refractivity contribution in [3.8, 4) is 0 Å². The number of nitrogens with zero attached hydrogens (tertiary/aromatic N) is 3. The highest BCUT2D eigenvalue weighted by Gasteiger charge is 2.35. The van der Waals surface area contributed by atoms with Crippen LogP contribution >= 0.6 is 0 Å².